The van der Waals surface area contributed by atoms with Crippen LogP contribution in [0.2, 0.25) is 5.02 Å². The molecule has 0 aliphatic heterocycles. The SMILES string of the molecule is CCCCOC(=O)COc1ccc(Cl)cc1C(C)NCC. The van der Waals surface area contributed by atoms with E-state index < -0.39 is 0 Å². The van der Waals surface area contributed by atoms with Crippen molar-refractivity contribution in [3.05, 3.63) is 28.8 Å². The van der Waals surface area contributed by atoms with Crippen LogP contribution in [-0.2, 0) is 9.53 Å². The number of hydrogen-bond acceptors (Lipinski definition) is 4. The van der Waals surface area contributed by atoms with Gasteiger partial charge in [-0.05, 0) is 38.1 Å². The molecule has 1 rings (SSSR count). The highest BCUT2D eigenvalue weighted by atomic mass is 35.5. The van der Waals surface area contributed by atoms with Gasteiger partial charge in [0.25, 0.3) is 0 Å². The Morgan fingerprint density at radius 2 is 2.14 bits per heavy atom. The number of benzene rings is 1. The quantitative estimate of drug-likeness (QED) is 0.557. The van der Waals surface area contributed by atoms with Crippen LogP contribution in [0.5, 0.6) is 5.75 Å². The van der Waals surface area contributed by atoms with Gasteiger partial charge in [0, 0.05) is 16.6 Å². The van der Waals surface area contributed by atoms with Crippen molar-refractivity contribution in [2.24, 2.45) is 0 Å². The lowest BCUT2D eigenvalue weighted by molar-refractivity contribution is -0.146. The summed E-state index contributed by atoms with van der Waals surface area (Å²) in [5, 5.41) is 3.95. The van der Waals surface area contributed by atoms with Crippen LogP contribution in [-0.4, -0.2) is 25.7 Å². The van der Waals surface area contributed by atoms with E-state index in [2.05, 4.69) is 5.32 Å². The lowest BCUT2D eigenvalue weighted by atomic mass is 10.1. The normalized spacial score (nSPS) is 12.0. The number of ether oxygens (including phenoxy) is 2. The molecule has 1 aromatic rings. The van der Waals surface area contributed by atoms with E-state index in [9.17, 15) is 4.79 Å². The van der Waals surface area contributed by atoms with Gasteiger partial charge in [0.05, 0.1) is 6.61 Å². The molecule has 0 amide bonds. The number of unbranched alkanes of at least 4 members (excludes halogenated alkanes) is 1. The van der Waals surface area contributed by atoms with E-state index in [-0.39, 0.29) is 18.6 Å². The molecule has 118 valence electrons. The first-order valence-electron chi connectivity index (χ1n) is 7.39. The highest BCUT2D eigenvalue weighted by Gasteiger charge is 2.13. The van der Waals surface area contributed by atoms with E-state index in [1.165, 1.54) is 0 Å². The molecule has 5 heteroatoms. The fourth-order valence-corrected chi connectivity index (χ4v) is 2.09. The maximum atomic E-state index is 11.6. The number of nitrogens with one attached hydrogen (secondary N) is 1. The second kappa shape index (κ2) is 9.64. The first kappa shape index (κ1) is 17.8. The molecule has 0 saturated heterocycles. The van der Waals surface area contributed by atoms with Gasteiger partial charge in [0.2, 0.25) is 0 Å². The lowest BCUT2D eigenvalue weighted by Crippen LogP contribution is -2.20. The summed E-state index contributed by atoms with van der Waals surface area (Å²) in [5.41, 5.74) is 0.936. The number of carbonyl (C=O) groups excluding carboxylic acids is 1. The Morgan fingerprint density at radius 1 is 1.38 bits per heavy atom. The Labute approximate surface area is 131 Å². The summed E-state index contributed by atoms with van der Waals surface area (Å²) in [4.78, 5) is 11.6. The van der Waals surface area contributed by atoms with Crippen molar-refractivity contribution >= 4 is 17.6 Å². The van der Waals surface area contributed by atoms with Gasteiger partial charge in [-0.15, -0.1) is 0 Å². The van der Waals surface area contributed by atoms with E-state index in [0.717, 1.165) is 24.9 Å². The predicted octanol–water partition coefficient (Wildman–Crippen LogP) is 3.73. The highest BCUT2D eigenvalue weighted by Crippen LogP contribution is 2.28. The van der Waals surface area contributed by atoms with Crippen molar-refractivity contribution in [1.82, 2.24) is 5.32 Å². The number of esters is 1. The van der Waals surface area contributed by atoms with E-state index >= 15 is 0 Å². The average molecular weight is 314 g/mol. The minimum absolute atomic E-state index is 0.0861. The molecule has 1 N–H and O–H groups in total. The van der Waals surface area contributed by atoms with Crippen LogP contribution in [0.4, 0.5) is 0 Å². The van der Waals surface area contributed by atoms with Gasteiger partial charge < -0.3 is 14.8 Å². The van der Waals surface area contributed by atoms with Crippen LogP contribution in [0.25, 0.3) is 0 Å². The van der Waals surface area contributed by atoms with Gasteiger partial charge in [-0.2, -0.15) is 0 Å². The van der Waals surface area contributed by atoms with E-state index in [1.807, 2.05) is 26.8 Å². The van der Waals surface area contributed by atoms with Crippen LogP contribution in [0.15, 0.2) is 18.2 Å². The number of hydrogen-bond donors (Lipinski definition) is 1. The summed E-state index contributed by atoms with van der Waals surface area (Å²) < 4.78 is 10.6. The third-order valence-corrected chi connectivity index (χ3v) is 3.29. The minimum Gasteiger partial charge on any atom is -0.482 e. The predicted molar refractivity (Wildman–Crippen MR) is 84.9 cm³/mol. The fourth-order valence-electron chi connectivity index (χ4n) is 1.91. The van der Waals surface area contributed by atoms with Crippen LogP contribution in [0, 0.1) is 0 Å². The molecule has 0 bridgehead atoms. The summed E-state index contributed by atoms with van der Waals surface area (Å²) in [6.07, 6.45) is 1.87. The molecule has 0 saturated carbocycles. The van der Waals surface area contributed by atoms with Gasteiger partial charge in [-0.25, -0.2) is 4.79 Å². The Bertz CT molecular complexity index is 451. The lowest BCUT2D eigenvalue weighted by Gasteiger charge is -2.17. The number of halogens is 1. The molecule has 0 radical (unpaired) electrons. The topological polar surface area (TPSA) is 47.6 Å². The summed E-state index contributed by atoms with van der Waals surface area (Å²) in [6, 6.07) is 5.48. The molecule has 1 atom stereocenters. The van der Waals surface area contributed by atoms with Crippen molar-refractivity contribution in [2.45, 2.75) is 39.7 Å². The van der Waals surface area contributed by atoms with Crippen LogP contribution in [0.1, 0.15) is 45.2 Å². The van der Waals surface area contributed by atoms with Crippen LogP contribution in [0.3, 0.4) is 0 Å². The molecular weight excluding hydrogens is 290 g/mol. The smallest absolute Gasteiger partial charge is 0.344 e. The third-order valence-electron chi connectivity index (χ3n) is 3.06. The maximum absolute atomic E-state index is 11.6. The van der Waals surface area contributed by atoms with Crippen LogP contribution < -0.4 is 10.1 Å². The number of rotatable bonds is 9. The third kappa shape index (κ3) is 6.36. The Morgan fingerprint density at radius 3 is 2.81 bits per heavy atom. The van der Waals surface area contributed by atoms with E-state index in [4.69, 9.17) is 21.1 Å². The van der Waals surface area contributed by atoms with Crippen molar-refractivity contribution in [1.29, 1.82) is 0 Å². The molecule has 4 nitrogen and oxygen atoms in total. The zero-order chi connectivity index (χ0) is 15.7. The van der Waals surface area contributed by atoms with Crippen molar-refractivity contribution in [3.8, 4) is 5.75 Å². The largest absolute Gasteiger partial charge is 0.482 e. The molecule has 0 aliphatic carbocycles. The van der Waals surface area contributed by atoms with Crippen LogP contribution >= 0.6 is 11.6 Å². The minimum atomic E-state index is -0.347. The Hall–Kier alpha value is -1.26. The first-order valence-corrected chi connectivity index (χ1v) is 7.77. The molecule has 0 heterocycles. The fraction of sp³-hybridized carbons (Fsp3) is 0.562. The Kier molecular flexibility index (Phi) is 8.16. The number of carbonyl (C=O) groups is 1. The zero-order valence-corrected chi connectivity index (χ0v) is 13.7. The Balaban J connectivity index is 2.63. The second-order valence-electron chi connectivity index (χ2n) is 4.82. The molecule has 1 aromatic carbocycles. The summed E-state index contributed by atoms with van der Waals surface area (Å²) in [6.45, 7) is 7.31. The molecular formula is C16H24ClNO3. The van der Waals surface area contributed by atoms with Gasteiger partial charge >= 0.3 is 5.97 Å². The van der Waals surface area contributed by atoms with Crippen molar-refractivity contribution < 1.29 is 14.3 Å². The highest BCUT2D eigenvalue weighted by molar-refractivity contribution is 6.30. The summed E-state index contributed by atoms with van der Waals surface area (Å²) in [5.74, 6) is 0.306. The van der Waals surface area contributed by atoms with Crippen molar-refractivity contribution in [2.75, 3.05) is 19.8 Å². The summed E-state index contributed by atoms with van der Waals surface area (Å²) >= 11 is 6.03. The van der Waals surface area contributed by atoms with Gasteiger partial charge in [-0.1, -0.05) is 31.9 Å². The first-order chi connectivity index (χ1) is 10.1. The standard InChI is InChI=1S/C16H24ClNO3/c1-4-6-9-20-16(19)11-21-15-8-7-13(17)10-14(15)12(3)18-5-2/h7-8,10,12,18H,4-6,9,11H2,1-3H3. The monoisotopic (exact) mass is 313 g/mol. The summed E-state index contributed by atoms with van der Waals surface area (Å²) in [7, 11) is 0. The molecule has 0 fully saturated rings. The molecule has 0 aliphatic rings. The van der Waals surface area contributed by atoms with Gasteiger partial charge in [0.1, 0.15) is 5.75 Å². The zero-order valence-electron chi connectivity index (χ0n) is 12.9. The van der Waals surface area contributed by atoms with Gasteiger partial charge in [0.15, 0.2) is 6.61 Å². The van der Waals surface area contributed by atoms with E-state index in [0.29, 0.717) is 17.4 Å². The van der Waals surface area contributed by atoms with Gasteiger partial charge in [-0.3, -0.25) is 0 Å². The molecule has 1 unspecified atom stereocenters. The second-order valence-corrected chi connectivity index (χ2v) is 5.26. The van der Waals surface area contributed by atoms with Crippen molar-refractivity contribution in [3.63, 3.8) is 0 Å². The average Bonchev–Trinajstić information content (AvgIpc) is 2.46. The molecule has 0 spiro atoms. The maximum Gasteiger partial charge on any atom is 0.344 e. The molecule has 21 heavy (non-hydrogen) atoms. The molecule has 0 aromatic heterocycles. The van der Waals surface area contributed by atoms with E-state index in [1.54, 1.807) is 12.1 Å².